The lowest BCUT2D eigenvalue weighted by molar-refractivity contribution is -0.0247. The van der Waals surface area contributed by atoms with Crippen LogP contribution in [0.3, 0.4) is 0 Å². The molecule has 1 aromatic rings. The molecule has 0 radical (unpaired) electrons. The molecule has 0 unspecified atom stereocenters. The third-order valence-corrected chi connectivity index (χ3v) is 5.24. The van der Waals surface area contributed by atoms with E-state index in [0.29, 0.717) is 17.9 Å². The predicted molar refractivity (Wildman–Crippen MR) is 72.2 cm³/mol. The molecule has 4 heterocycles. The molecule has 3 aliphatic rings. The number of pyridine rings is 1. The number of piperidine rings is 2. The topological polar surface area (TPSA) is 45.5 Å². The first kappa shape index (κ1) is 11.7. The van der Waals surface area contributed by atoms with E-state index in [1.165, 1.54) is 12.1 Å². The van der Waals surface area contributed by atoms with E-state index in [-0.39, 0.29) is 11.7 Å². The van der Waals surface area contributed by atoms with Gasteiger partial charge in [-0.25, -0.2) is 0 Å². The Morgan fingerprint density at radius 3 is 3.00 bits per heavy atom. The maximum absolute atomic E-state index is 12.0. The van der Waals surface area contributed by atoms with Gasteiger partial charge in [0.25, 0.3) is 5.56 Å². The SMILES string of the molecule is O=c1cccc2n1C[C@H]1C[C@H]2CN2CC[C@H](O)C[C@H]12. The number of hydrogen-bond acceptors (Lipinski definition) is 3. The molecule has 2 saturated heterocycles. The van der Waals surface area contributed by atoms with Crippen LogP contribution in [0.25, 0.3) is 0 Å². The minimum absolute atomic E-state index is 0.136. The van der Waals surface area contributed by atoms with E-state index in [2.05, 4.69) is 11.0 Å². The third kappa shape index (κ3) is 1.77. The van der Waals surface area contributed by atoms with Crippen molar-refractivity contribution >= 4 is 0 Å². The molecule has 0 saturated carbocycles. The van der Waals surface area contributed by atoms with Gasteiger partial charge in [-0.1, -0.05) is 6.07 Å². The van der Waals surface area contributed by atoms with Crippen molar-refractivity contribution in [3.8, 4) is 0 Å². The van der Waals surface area contributed by atoms with Gasteiger partial charge in [-0.05, 0) is 31.2 Å². The van der Waals surface area contributed by atoms with Crippen LogP contribution in [0, 0.1) is 5.92 Å². The van der Waals surface area contributed by atoms with E-state index in [4.69, 9.17) is 0 Å². The quantitative estimate of drug-likeness (QED) is 0.750. The highest BCUT2D eigenvalue weighted by atomic mass is 16.3. The van der Waals surface area contributed by atoms with Crippen LogP contribution in [0.5, 0.6) is 0 Å². The summed E-state index contributed by atoms with van der Waals surface area (Å²) in [6.45, 7) is 2.90. The minimum atomic E-state index is -0.147. The molecule has 0 aliphatic carbocycles. The van der Waals surface area contributed by atoms with Gasteiger partial charge in [0.15, 0.2) is 0 Å². The molecule has 0 aromatic carbocycles. The zero-order valence-corrected chi connectivity index (χ0v) is 11.0. The van der Waals surface area contributed by atoms with Gasteiger partial charge in [0.05, 0.1) is 6.10 Å². The molecular weight excluding hydrogens is 240 g/mol. The second-order valence-corrected chi connectivity index (χ2v) is 6.33. The average Bonchev–Trinajstić information content (AvgIpc) is 2.41. The van der Waals surface area contributed by atoms with E-state index < -0.39 is 0 Å². The normalized spacial score (nSPS) is 37.5. The van der Waals surface area contributed by atoms with Crippen LogP contribution in [0.2, 0.25) is 0 Å². The number of aliphatic hydroxyl groups excluding tert-OH is 1. The number of hydrogen-bond donors (Lipinski definition) is 1. The predicted octanol–water partition coefficient (Wildman–Crippen LogP) is 0.791. The summed E-state index contributed by atoms with van der Waals surface area (Å²) in [7, 11) is 0. The minimum Gasteiger partial charge on any atom is -0.393 e. The van der Waals surface area contributed by atoms with Gasteiger partial charge >= 0.3 is 0 Å². The fourth-order valence-corrected chi connectivity index (χ4v) is 4.36. The number of rotatable bonds is 0. The zero-order valence-electron chi connectivity index (χ0n) is 11.0. The standard InChI is InChI=1S/C15H20N2O2/c18-12-4-5-16-8-10-6-11(14(16)7-12)9-17-13(10)2-1-3-15(17)19/h1-3,10-12,14,18H,4-9H2/t10-,11+,12-,14+/m0/s1. The summed E-state index contributed by atoms with van der Waals surface area (Å²) in [4.78, 5) is 14.6. The molecule has 4 rings (SSSR count). The zero-order chi connectivity index (χ0) is 13.0. The van der Waals surface area contributed by atoms with Crippen LogP contribution in [0.4, 0.5) is 0 Å². The molecule has 1 N–H and O–H groups in total. The van der Waals surface area contributed by atoms with E-state index >= 15 is 0 Å². The van der Waals surface area contributed by atoms with Gasteiger partial charge in [0, 0.05) is 43.4 Å². The summed E-state index contributed by atoms with van der Waals surface area (Å²) in [5.41, 5.74) is 1.35. The fourth-order valence-electron chi connectivity index (χ4n) is 4.36. The van der Waals surface area contributed by atoms with Crippen LogP contribution >= 0.6 is 0 Å². The van der Waals surface area contributed by atoms with Crippen molar-refractivity contribution in [2.45, 2.75) is 43.9 Å². The third-order valence-electron chi connectivity index (χ3n) is 5.24. The maximum Gasteiger partial charge on any atom is 0.250 e. The lowest BCUT2D eigenvalue weighted by Gasteiger charge is -2.51. The van der Waals surface area contributed by atoms with Gasteiger partial charge in [0.2, 0.25) is 0 Å². The smallest absolute Gasteiger partial charge is 0.250 e. The molecule has 4 heteroatoms. The largest absolute Gasteiger partial charge is 0.393 e. The molecule has 0 spiro atoms. The van der Waals surface area contributed by atoms with Gasteiger partial charge in [-0.2, -0.15) is 0 Å². The summed E-state index contributed by atoms with van der Waals surface area (Å²) < 4.78 is 1.97. The number of aliphatic hydroxyl groups is 1. The Balaban J connectivity index is 1.73. The van der Waals surface area contributed by atoms with Crippen LogP contribution in [0.15, 0.2) is 23.0 Å². The maximum atomic E-state index is 12.0. The van der Waals surface area contributed by atoms with E-state index in [1.54, 1.807) is 6.07 Å². The summed E-state index contributed by atoms with van der Waals surface area (Å²) in [5.74, 6) is 1.03. The Morgan fingerprint density at radius 1 is 1.21 bits per heavy atom. The second kappa shape index (κ2) is 4.18. The number of aromatic nitrogens is 1. The summed E-state index contributed by atoms with van der Waals surface area (Å²) >= 11 is 0. The summed E-state index contributed by atoms with van der Waals surface area (Å²) in [6.07, 6.45) is 2.81. The van der Waals surface area contributed by atoms with Crippen molar-refractivity contribution < 1.29 is 5.11 Å². The molecule has 3 aliphatic heterocycles. The average molecular weight is 260 g/mol. The Kier molecular flexibility index (Phi) is 2.57. The number of nitrogens with zero attached hydrogens (tertiary/aromatic N) is 2. The van der Waals surface area contributed by atoms with Crippen LogP contribution in [-0.4, -0.2) is 39.8 Å². The monoisotopic (exact) mass is 260 g/mol. The molecule has 2 bridgehead atoms. The van der Waals surface area contributed by atoms with Gasteiger partial charge in [0.1, 0.15) is 0 Å². The second-order valence-electron chi connectivity index (χ2n) is 6.33. The highest BCUT2D eigenvalue weighted by molar-refractivity contribution is 5.18. The van der Waals surface area contributed by atoms with Crippen molar-refractivity contribution in [1.82, 2.24) is 9.47 Å². The molecule has 19 heavy (non-hydrogen) atoms. The summed E-state index contributed by atoms with van der Waals surface area (Å²) in [5, 5.41) is 9.90. The molecule has 1 aromatic heterocycles. The van der Waals surface area contributed by atoms with E-state index in [9.17, 15) is 9.90 Å². The van der Waals surface area contributed by atoms with Crippen molar-refractivity contribution in [2.24, 2.45) is 5.92 Å². The first-order valence-corrected chi connectivity index (χ1v) is 7.34. The number of fused-ring (bicyclic) bond motifs is 6. The molecule has 0 amide bonds. The molecule has 102 valence electrons. The molecule has 4 atom stereocenters. The Hall–Kier alpha value is -1.13. The Morgan fingerprint density at radius 2 is 2.11 bits per heavy atom. The van der Waals surface area contributed by atoms with Crippen molar-refractivity contribution in [1.29, 1.82) is 0 Å². The van der Waals surface area contributed by atoms with E-state index in [0.717, 1.165) is 32.5 Å². The van der Waals surface area contributed by atoms with Crippen LogP contribution in [0.1, 0.15) is 30.9 Å². The fraction of sp³-hybridized carbons (Fsp3) is 0.667. The molecule has 2 fully saturated rings. The van der Waals surface area contributed by atoms with E-state index in [1.807, 2.05) is 10.6 Å². The highest BCUT2D eigenvalue weighted by Gasteiger charge is 2.43. The lowest BCUT2D eigenvalue weighted by Crippen LogP contribution is -2.56. The van der Waals surface area contributed by atoms with Crippen LogP contribution in [-0.2, 0) is 6.54 Å². The highest BCUT2D eigenvalue weighted by Crippen LogP contribution is 2.41. The van der Waals surface area contributed by atoms with Gasteiger partial charge < -0.3 is 9.67 Å². The first-order chi connectivity index (χ1) is 9.22. The van der Waals surface area contributed by atoms with Crippen molar-refractivity contribution in [3.05, 3.63) is 34.2 Å². The van der Waals surface area contributed by atoms with Crippen molar-refractivity contribution in [2.75, 3.05) is 13.1 Å². The van der Waals surface area contributed by atoms with Gasteiger partial charge in [-0.15, -0.1) is 0 Å². The lowest BCUT2D eigenvalue weighted by atomic mass is 9.75. The van der Waals surface area contributed by atoms with Crippen LogP contribution < -0.4 is 5.56 Å². The Labute approximate surface area is 112 Å². The molecular formula is C15H20N2O2. The molecule has 4 nitrogen and oxygen atoms in total. The summed E-state index contributed by atoms with van der Waals surface area (Å²) in [6, 6.07) is 6.14. The van der Waals surface area contributed by atoms with Gasteiger partial charge in [-0.3, -0.25) is 9.69 Å². The first-order valence-electron chi connectivity index (χ1n) is 7.34. The van der Waals surface area contributed by atoms with Crippen molar-refractivity contribution in [3.63, 3.8) is 0 Å². The Bertz CT molecular complexity index is 553.